The molecule has 0 heterocycles. The number of carboxylic acids is 2. The van der Waals surface area contributed by atoms with Crippen molar-refractivity contribution in [1.82, 2.24) is 0 Å². The van der Waals surface area contributed by atoms with Gasteiger partial charge in [-0.3, -0.25) is 9.59 Å². The number of aliphatic carboxylic acids is 2. The van der Waals surface area contributed by atoms with Crippen LogP contribution >= 0.6 is 0 Å². The first-order chi connectivity index (χ1) is 9.26. The summed E-state index contributed by atoms with van der Waals surface area (Å²) in [6.45, 7) is 6.60. The maximum Gasteiger partial charge on any atom is 2.00 e. The van der Waals surface area contributed by atoms with E-state index in [0.717, 1.165) is 6.08 Å². The van der Waals surface area contributed by atoms with Gasteiger partial charge in [-0.2, -0.15) is 0 Å². The normalized spacial score (nSPS) is 14.2. The number of hydrogen-bond acceptors (Lipinski definition) is 4. The third kappa shape index (κ3) is 8.43. The van der Waals surface area contributed by atoms with Gasteiger partial charge in [-0.05, 0) is 26.2 Å². The Bertz CT molecular complexity index is 391. The van der Waals surface area contributed by atoms with E-state index >= 15 is 0 Å². The zero-order valence-corrected chi connectivity index (χ0v) is 14.8. The van der Waals surface area contributed by atoms with E-state index in [1.165, 1.54) is 0 Å². The summed E-state index contributed by atoms with van der Waals surface area (Å²) in [6, 6.07) is 0. The van der Waals surface area contributed by atoms with Crippen molar-refractivity contribution in [3.63, 3.8) is 0 Å². The molecule has 0 aliphatic carbocycles. The number of ether oxygens (including phenoxy) is 1. The number of carbonyl (C=O) groups is 3. The molecule has 0 aliphatic heterocycles. The van der Waals surface area contributed by atoms with Crippen LogP contribution in [0.3, 0.4) is 0 Å². The fraction of sp³-hybridized carbons (Fsp3) is 0.643. The van der Waals surface area contributed by atoms with Crippen molar-refractivity contribution in [1.29, 1.82) is 0 Å². The first kappa shape index (κ1) is 22.7. The van der Waals surface area contributed by atoms with Crippen molar-refractivity contribution in [3.8, 4) is 0 Å². The van der Waals surface area contributed by atoms with Crippen molar-refractivity contribution in [2.75, 3.05) is 0 Å². The molecule has 6 nitrogen and oxygen atoms in total. The van der Waals surface area contributed by atoms with Crippen molar-refractivity contribution in [2.24, 2.45) is 5.92 Å². The van der Waals surface area contributed by atoms with Crippen molar-refractivity contribution in [2.45, 2.75) is 51.6 Å². The number of hydrogen-bond donors (Lipinski definition) is 2. The predicted molar refractivity (Wildman–Crippen MR) is 80.2 cm³/mol. The van der Waals surface area contributed by atoms with Crippen LogP contribution in [0.5, 0.6) is 0 Å². The molecule has 0 spiro atoms. The average molecular weight is 328 g/mol. The third-order valence-corrected chi connectivity index (χ3v) is 3.37. The van der Waals surface area contributed by atoms with Gasteiger partial charge in [-0.25, -0.2) is 4.79 Å². The van der Waals surface area contributed by atoms with Crippen LogP contribution in [0.4, 0.5) is 0 Å². The molecule has 118 valence electrons. The number of carbonyl (C=O) groups excluding carboxylic acids is 1. The minimum atomic E-state index is -1.12. The van der Waals surface area contributed by atoms with Crippen LogP contribution in [-0.4, -0.2) is 71.5 Å². The van der Waals surface area contributed by atoms with Crippen LogP contribution in [0, 0.1) is 5.92 Å². The van der Waals surface area contributed by atoms with Gasteiger partial charge in [0.2, 0.25) is 0 Å². The molecular weight excluding hydrogens is 304 g/mol. The van der Waals surface area contributed by atoms with Crippen LogP contribution in [0.25, 0.3) is 0 Å². The number of rotatable bonds is 10. The largest absolute Gasteiger partial charge is 2.00 e. The van der Waals surface area contributed by atoms with E-state index in [0.29, 0.717) is 19.3 Å². The summed E-state index contributed by atoms with van der Waals surface area (Å²) in [7, 11) is 0. The Morgan fingerprint density at radius 2 is 1.90 bits per heavy atom. The molecule has 0 aliphatic rings. The Morgan fingerprint density at radius 3 is 2.29 bits per heavy atom. The molecule has 2 atom stereocenters. The summed E-state index contributed by atoms with van der Waals surface area (Å²) in [5.74, 6) is -3.49. The summed E-state index contributed by atoms with van der Waals surface area (Å²) >= 11 is 0. The molecule has 0 amide bonds. The third-order valence-electron chi connectivity index (χ3n) is 3.37. The van der Waals surface area contributed by atoms with Gasteiger partial charge in [0.1, 0.15) is 5.60 Å². The van der Waals surface area contributed by atoms with E-state index in [4.69, 9.17) is 9.84 Å². The summed E-state index contributed by atoms with van der Waals surface area (Å²) < 4.78 is 5.18. The Labute approximate surface area is 157 Å². The molecule has 7 heteroatoms. The molecular formula is C14H24CaO6. The smallest absolute Gasteiger partial charge is 1.00 e. The molecule has 0 fully saturated rings. The molecule has 0 saturated heterocycles. The van der Waals surface area contributed by atoms with Gasteiger partial charge in [0, 0.05) is 12.5 Å². The first-order valence-corrected chi connectivity index (χ1v) is 6.56. The molecule has 0 radical (unpaired) electrons. The minimum Gasteiger partial charge on any atom is -1.00 e. The Hall–Kier alpha value is -0.590. The second kappa shape index (κ2) is 11.0. The van der Waals surface area contributed by atoms with E-state index in [2.05, 4.69) is 6.58 Å². The second-order valence-corrected chi connectivity index (χ2v) is 4.82. The van der Waals surface area contributed by atoms with Gasteiger partial charge in [-0.15, -0.1) is 0 Å². The van der Waals surface area contributed by atoms with Crippen LogP contribution < -0.4 is 0 Å². The maximum atomic E-state index is 11.4. The fourth-order valence-corrected chi connectivity index (χ4v) is 1.98. The van der Waals surface area contributed by atoms with E-state index in [1.54, 1.807) is 13.8 Å². The molecule has 0 saturated carbocycles. The van der Waals surface area contributed by atoms with Gasteiger partial charge in [-0.1, -0.05) is 19.9 Å². The molecule has 2 N–H and O–H groups in total. The zero-order valence-electron chi connectivity index (χ0n) is 14.6. The molecule has 0 aromatic carbocycles. The van der Waals surface area contributed by atoms with E-state index in [-0.39, 0.29) is 53.4 Å². The monoisotopic (exact) mass is 328 g/mol. The molecule has 0 rings (SSSR count). The maximum absolute atomic E-state index is 11.4. The van der Waals surface area contributed by atoms with Crippen LogP contribution in [0.15, 0.2) is 12.7 Å². The van der Waals surface area contributed by atoms with Gasteiger partial charge in [0.25, 0.3) is 0 Å². The summed E-state index contributed by atoms with van der Waals surface area (Å²) in [5, 5.41) is 17.8. The summed E-state index contributed by atoms with van der Waals surface area (Å²) in [6.07, 6.45) is 2.46. The van der Waals surface area contributed by atoms with Gasteiger partial charge in [0.05, 0.1) is 5.92 Å². The van der Waals surface area contributed by atoms with Gasteiger partial charge < -0.3 is 17.8 Å². The van der Waals surface area contributed by atoms with Crippen molar-refractivity contribution in [3.05, 3.63) is 12.7 Å². The van der Waals surface area contributed by atoms with E-state index in [9.17, 15) is 19.5 Å². The fourth-order valence-electron chi connectivity index (χ4n) is 1.98. The second-order valence-electron chi connectivity index (χ2n) is 4.82. The van der Waals surface area contributed by atoms with Crippen LogP contribution in [-0.2, 0) is 19.1 Å². The van der Waals surface area contributed by atoms with Crippen LogP contribution in [0.2, 0.25) is 0 Å². The SMILES string of the molecule is C=CC(=O)OC(C)(CC)C(CCCCC(=O)O)C(=O)O.[Ca+2].[H-].[H-]. The first-order valence-electron chi connectivity index (χ1n) is 6.56. The number of carboxylic acid groups (broad SMARTS) is 2. The average Bonchev–Trinajstić information content (AvgIpc) is 2.37. The standard InChI is InChI=1S/C14H22O6.Ca.2H/c1-4-12(17)20-14(3,5-2)10(13(18)19)8-6-7-9-11(15)16;;;/h4,10H,1,5-9H2,2-3H3,(H,15,16)(H,18,19);;;/q;+2;2*-1. The molecule has 0 bridgehead atoms. The Balaban J connectivity index is -0.000000602. The number of esters is 1. The molecule has 2 unspecified atom stereocenters. The quantitative estimate of drug-likeness (QED) is 0.275. The predicted octanol–water partition coefficient (Wildman–Crippen LogP) is 2.07. The van der Waals surface area contributed by atoms with Crippen molar-refractivity contribution < 1.29 is 32.2 Å². The molecule has 21 heavy (non-hydrogen) atoms. The molecule has 0 aromatic heterocycles. The Kier molecular flexibility index (Phi) is 11.9. The van der Waals surface area contributed by atoms with Gasteiger partial charge in [0.15, 0.2) is 0 Å². The van der Waals surface area contributed by atoms with E-state index in [1.807, 2.05) is 0 Å². The zero-order chi connectivity index (χ0) is 15.8. The van der Waals surface area contributed by atoms with Crippen molar-refractivity contribution >= 4 is 55.6 Å². The van der Waals surface area contributed by atoms with E-state index < -0.39 is 29.4 Å². The van der Waals surface area contributed by atoms with Gasteiger partial charge >= 0.3 is 55.6 Å². The Morgan fingerprint density at radius 1 is 1.33 bits per heavy atom. The summed E-state index contributed by atoms with van der Waals surface area (Å²) in [5.41, 5.74) is -1.12. The number of unbranched alkanes of at least 4 members (excludes halogenated alkanes) is 1. The minimum absolute atomic E-state index is 0. The van der Waals surface area contributed by atoms with Crippen LogP contribution in [0.1, 0.15) is 48.8 Å². The topological polar surface area (TPSA) is 101 Å². The summed E-state index contributed by atoms with van der Waals surface area (Å²) in [4.78, 5) is 33.1. The molecule has 0 aromatic rings.